The maximum Gasteiger partial charge on any atom is 0.221 e. The van der Waals surface area contributed by atoms with Gasteiger partial charge in [0.2, 0.25) is 5.91 Å². The van der Waals surface area contributed by atoms with Crippen LogP contribution in [-0.4, -0.2) is 23.6 Å². The van der Waals surface area contributed by atoms with Gasteiger partial charge in [-0.05, 0) is 25.8 Å². The molecule has 3 N–H and O–H groups in total. The number of rotatable bonds is 6. The molecule has 1 aliphatic carbocycles. The topological polar surface area (TPSA) is 61.4 Å². The maximum absolute atomic E-state index is 12.9. The zero-order chi connectivity index (χ0) is 13.8. The van der Waals surface area contributed by atoms with Crippen LogP contribution in [0.15, 0.2) is 18.2 Å². The number of nitrogens with one attached hydrogen (secondary N) is 2. The van der Waals surface area contributed by atoms with Gasteiger partial charge in [0, 0.05) is 36.7 Å². The van der Waals surface area contributed by atoms with Gasteiger partial charge < -0.3 is 15.7 Å². The van der Waals surface area contributed by atoms with E-state index in [1.165, 1.54) is 6.07 Å². The van der Waals surface area contributed by atoms with Crippen molar-refractivity contribution in [2.75, 3.05) is 6.54 Å². The number of hydrogen-bond acceptors (Lipinski definition) is 3. The third-order valence-corrected chi connectivity index (χ3v) is 3.20. The van der Waals surface area contributed by atoms with Gasteiger partial charge in [-0.3, -0.25) is 4.79 Å². The minimum atomic E-state index is -0.461. The van der Waals surface area contributed by atoms with Crippen LogP contribution >= 0.6 is 0 Å². The number of phenolic OH excluding ortho intramolecular Hbond substituents is 1. The van der Waals surface area contributed by atoms with E-state index >= 15 is 0 Å². The Kier molecular flexibility index (Phi) is 4.37. The molecule has 1 aliphatic rings. The molecule has 0 spiro atoms. The molecule has 5 heteroatoms. The van der Waals surface area contributed by atoms with E-state index in [0.29, 0.717) is 24.6 Å². The molecule has 1 amide bonds. The average molecular weight is 266 g/mol. The quantitative estimate of drug-likeness (QED) is 0.736. The fourth-order valence-corrected chi connectivity index (χ4v) is 1.92. The second-order valence-electron chi connectivity index (χ2n) is 4.97. The van der Waals surface area contributed by atoms with E-state index in [1.807, 2.05) is 6.92 Å². The molecule has 0 radical (unpaired) electrons. The van der Waals surface area contributed by atoms with E-state index in [4.69, 9.17) is 0 Å². The number of aromatic hydroxyl groups is 1. The van der Waals surface area contributed by atoms with Crippen LogP contribution in [-0.2, 0) is 4.79 Å². The third-order valence-electron chi connectivity index (χ3n) is 3.20. The number of benzene rings is 1. The van der Waals surface area contributed by atoms with Crippen molar-refractivity contribution in [1.29, 1.82) is 0 Å². The average Bonchev–Trinajstić information content (AvgIpc) is 3.12. The maximum atomic E-state index is 12.9. The SMILES string of the molecule is CC(NCCC(=O)NC1CC1)c1ccc(F)cc1O. The molecule has 1 unspecified atom stereocenters. The second kappa shape index (κ2) is 6.02. The first-order valence-electron chi connectivity index (χ1n) is 6.57. The van der Waals surface area contributed by atoms with Gasteiger partial charge in [0.15, 0.2) is 0 Å². The fraction of sp³-hybridized carbons (Fsp3) is 0.500. The molecular weight excluding hydrogens is 247 g/mol. The molecule has 0 bridgehead atoms. The molecule has 1 aromatic rings. The Hall–Kier alpha value is -1.62. The van der Waals surface area contributed by atoms with Crippen LogP contribution in [0.5, 0.6) is 5.75 Å². The van der Waals surface area contributed by atoms with Gasteiger partial charge in [0.05, 0.1) is 0 Å². The Morgan fingerprint density at radius 1 is 1.53 bits per heavy atom. The molecule has 1 saturated carbocycles. The molecule has 1 fully saturated rings. The summed E-state index contributed by atoms with van der Waals surface area (Å²) in [7, 11) is 0. The van der Waals surface area contributed by atoms with Crippen LogP contribution < -0.4 is 10.6 Å². The number of carbonyl (C=O) groups excluding carboxylic acids is 1. The Balaban J connectivity index is 1.76. The van der Waals surface area contributed by atoms with Crippen LogP contribution in [0.25, 0.3) is 0 Å². The molecule has 0 aromatic heterocycles. The summed E-state index contributed by atoms with van der Waals surface area (Å²) in [5.74, 6) is -0.481. The van der Waals surface area contributed by atoms with Crippen molar-refractivity contribution in [3.63, 3.8) is 0 Å². The highest BCUT2D eigenvalue weighted by Gasteiger charge is 2.22. The minimum absolute atomic E-state index is 0.0468. The van der Waals surface area contributed by atoms with Gasteiger partial charge in [0.1, 0.15) is 11.6 Å². The first-order valence-corrected chi connectivity index (χ1v) is 6.57. The molecule has 2 rings (SSSR count). The van der Waals surface area contributed by atoms with Crippen LogP contribution in [0, 0.1) is 5.82 Å². The lowest BCUT2D eigenvalue weighted by Crippen LogP contribution is -2.30. The Bertz CT molecular complexity index is 461. The van der Waals surface area contributed by atoms with Crippen LogP contribution in [0.1, 0.15) is 37.8 Å². The highest BCUT2D eigenvalue weighted by atomic mass is 19.1. The molecule has 4 nitrogen and oxygen atoms in total. The van der Waals surface area contributed by atoms with E-state index in [2.05, 4.69) is 10.6 Å². The predicted octanol–water partition coefficient (Wildman–Crippen LogP) is 1.85. The summed E-state index contributed by atoms with van der Waals surface area (Å²) < 4.78 is 12.9. The van der Waals surface area contributed by atoms with E-state index in [0.717, 1.165) is 18.9 Å². The monoisotopic (exact) mass is 266 g/mol. The third kappa shape index (κ3) is 4.21. The van der Waals surface area contributed by atoms with Crippen molar-refractivity contribution in [2.45, 2.75) is 38.3 Å². The lowest BCUT2D eigenvalue weighted by molar-refractivity contribution is -0.121. The second-order valence-corrected chi connectivity index (χ2v) is 4.97. The molecule has 19 heavy (non-hydrogen) atoms. The molecule has 1 aromatic carbocycles. The first-order chi connectivity index (χ1) is 9.06. The number of halogens is 1. The van der Waals surface area contributed by atoms with Gasteiger partial charge in [-0.25, -0.2) is 4.39 Å². The highest BCUT2D eigenvalue weighted by Crippen LogP contribution is 2.24. The molecular formula is C14H19FN2O2. The van der Waals surface area contributed by atoms with E-state index in [-0.39, 0.29) is 17.7 Å². The van der Waals surface area contributed by atoms with Crippen molar-refractivity contribution in [1.82, 2.24) is 10.6 Å². The van der Waals surface area contributed by atoms with E-state index in [1.54, 1.807) is 6.07 Å². The molecule has 0 saturated heterocycles. The summed E-state index contributed by atoms with van der Waals surface area (Å²) in [6.45, 7) is 2.39. The Labute approximate surface area is 112 Å². The fourth-order valence-electron chi connectivity index (χ4n) is 1.92. The van der Waals surface area contributed by atoms with Crippen molar-refractivity contribution >= 4 is 5.91 Å². The summed E-state index contributed by atoms with van der Waals surface area (Å²) in [4.78, 5) is 11.5. The van der Waals surface area contributed by atoms with E-state index < -0.39 is 5.82 Å². The van der Waals surface area contributed by atoms with E-state index in [9.17, 15) is 14.3 Å². The Morgan fingerprint density at radius 2 is 2.26 bits per heavy atom. The molecule has 0 heterocycles. The first kappa shape index (κ1) is 13.8. The number of phenols is 1. The van der Waals surface area contributed by atoms with Crippen molar-refractivity contribution < 1.29 is 14.3 Å². The lowest BCUT2D eigenvalue weighted by Gasteiger charge is -2.15. The standard InChI is InChI=1S/C14H19FN2O2/c1-9(12-5-2-10(15)8-13(12)18)16-7-6-14(19)17-11-3-4-11/h2,5,8-9,11,16,18H,3-4,6-7H2,1H3,(H,17,19). The number of amides is 1. The van der Waals surface area contributed by atoms with Crippen molar-refractivity contribution in [2.24, 2.45) is 0 Å². The lowest BCUT2D eigenvalue weighted by atomic mass is 10.1. The number of hydrogen-bond donors (Lipinski definition) is 3. The highest BCUT2D eigenvalue weighted by molar-refractivity contribution is 5.76. The van der Waals surface area contributed by atoms with Gasteiger partial charge in [0.25, 0.3) is 0 Å². The van der Waals surface area contributed by atoms with Crippen LogP contribution in [0.2, 0.25) is 0 Å². The van der Waals surface area contributed by atoms with Crippen molar-refractivity contribution in [3.8, 4) is 5.75 Å². The number of carbonyl (C=O) groups is 1. The summed E-state index contributed by atoms with van der Waals surface area (Å²) in [5.41, 5.74) is 0.629. The summed E-state index contributed by atoms with van der Waals surface area (Å²) in [5, 5.41) is 15.7. The molecule has 1 atom stereocenters. The van der Waals surface area contributed by atoms with Gasteiger partial charge >= 0.3 is 0 Å². The molecule has 104 valence electrons. The zero-order valence-electron chi connectivity index (χ0n) is 10.9. The Morgan fingerprint density at radius 3 is 2.89 bits per heavy atom. The summed E-state index contributed by atoms with van der Waals surface area (Å²) in [6.07, 6.45) is 2.57. The smallest absolute Gasteiger partial charge is 0.221 e. The van der Waals surface area contributed by atoms with Gasteiger partial charge in [-0.2, -0.15) is 0 Å². The summed E-state index contributed by atoms with van der Waals surface area (Å²) in [6, 6.07) is 4.20. The minimum Gasteiger partial charge on any atom is -0.508 e. The normalized spacial score (nSPS) is 16.1. The largest absolute Gasteiger partial charge is 0.508 e. The van der Waals surface area contributed by atoms with Crippen molar-refractivity contribution in [3.05, 3.63) is 29.6 Å². The predicted molar refractivity (Wildman–Crippen MR) is 70.3 cm³/mol. The van der Waals surface area contributed by atoms with Crippen LogP contribution in [0.3, 0.4) is 0 Å². The summed E-state index contributed by atoms with van der Waals surface area (Å²) >= 11 is 0. The molecule has 0 aliphatic heterocycles. The van der Waals surface area contributed by atoms with Crippen LogP contribution in [0.4, 0.5) is 4.39 Å². The van der Waals surface area contributed by atoms with Gasteiger partial charge in [-0.1, -0.05) is 6.07 Å². The zero-order valence-corrected chi connectivity index (χ0v) is 10.9. The van der Waals surface area contributed by atoms with Gasteiger partial charge in [-0.15, -0.1) is 0 Å².